The first kappa shape index (κ1) is 9.62. The van der Waals surface area contributed by atoms with Gasteiger partial charge in [-0.15, -0.1) is 0 Å². The van der Waals surface area contributed by atoms with E-state index in [1.54, 1.807) is 0 Å². The molecule has 0 aromatic heterocycles. The van der Waals surface area contributed by atoms with Crippen LogP contribution in [0.15, 0.2) is 17.0 Å². The number of nitrogen functional groups attached to an aromatic ring is 1. The summed E-state index contributed by atoms with van der Waals surface area (Å²) in [5.74, 6) is -1.31. The largest absolute Gasteiger partial charge is 0.506 e. The van der Waals surface area contributed by atoms with Crippen LogP contribution in [0.3, 0.4) is 0 Å². The van der Waals surface area contributed by atoms with E-state index in [1.165, 1.54) is 0 Å². The van der Waals surface area contributed by atoms with Crippen LogP contribution in [0, 0.1) is 0 Å². The summed E-state index contributed by atoms with van der Waals surface area (Å²) in [7, 11) is -4.51. The minimum atomic E-state index is -4.51. The van der Waals surface area contributed by atoms with E-state index in [0.29, 0.717) is 0 Å². The second-order valence-corrected chi connectivity index (χ2v) is 3.71. The van der Waals surface area contributed by atoms with Gasteiger partial charge in [0.2, 0.25) is 0 Å². The van der Waals surface area contributed by atoms with Crippen molar-refractivity contribution in [3.8, 4) is 11.5 Å². The van der Waals surface area contributed by atoms with Gasteiger partial charge >= 0.3 is 0 Å². The standard InChI is InChI=1S/C6H7NO5S/c7-5-3(8)1-2-4(6(5)9)13(10,11)12/h1-2,8-9H,7H2,(H,10,11,12). The van der Waals surface area contributed by atoms with E-state index < -0.39 is 32.2 Å². The lowest BCUT2D eigenvalue weighted by molar-refractivity contribution is 0.435. The van der Waals surface area contributed by atoms with Gasteiger partial charge in [0.25, 0.3) is 10.1 Å². The maximum atomic E-state index is 10.6. The van der Waals surface area contributed by atoms with Crippen molar-refractivity contribution in [3.63, 3.8) is 0 Å². The van der Waals surface area contributed by atoms with E-state index in [0.717, 1.165) is 12.1 Å². The molecule has 1 rings (SSSR count). The number of phenols is 2. The molecule has 0 radical (unpaired) electrons. The Kier molecular flexibility index (Phi) is 2.06. The van der Waals surface area contributed by atoms with Crippen molar-refractivity contribution in [2.24, 2.45) is 0 Å². The third-order valence-electron chi connectivity index (χ3n) is 1.43. The molecule has 0 heterocycles. The molecule has 0 bridgehead atoms. The fourth-order valence-corrected chi connectivity index (χ4v) is 1.38. The normalized spacial score (nSPS) is 11.5. The van der Waals surface area contributed by atoms with Crippen molar-refractivity contribution in [1.82, 2.24) is 0 Å². The maximum absolute atomic E-state index is 10.6. The van der Waals surface area contributed by atoms with Crippen LogP contribution < -0.4 is 5.73 Å². The lowest BCUT2D eigenvalue weighted by Crippen LogP contribution is -2.00. The molecule has 13 heavy (non-hydrogen) atoms. The summed E-state index contributed by atoms with van der Waals surface area (Å²) in [6, 6.07) is 1.80. The van der Waals surface area contributed by atoms with Crippen LogP contribution in [0.5, 0.6) is 11.5 Å². The molecule has 0 saturated carbocycles. The molecule has 7 heteroatoms. The summed E-state index contributed by atoms with van der Waals surface area (Å²) in [6.07, 6.45) is 0. The highest BCUT2D eigenvalue weighted by Gasteiger charge is 2.18. The zero-order valence-corrected chi connectivity index (χ0v) is 7.11. The van der Waals surface area contributed by atoms with Gasteiger partial charge in [-0.1, -0.05) is 0 Å². The van der Waals surface area contributed by atoms with Crippen LogP contribution in [-0.4, -0.2) is 23.2 Å². The smallest absolute Gasteiger partial charge is 0.298 e. The van der Waals surface area contributed by atoms with Crippen molar-refractivity contribution in [2.45, 2.75) is 4.90 Å². The molecule has 0 aliphatic carbocycles. The predicted molar refractivity (Wildman–Crippen MR) is 44.0 cm³/mol. The van der Waals surface area contributed by atoms with Crippen molar-refractivity contribution < 1.29 is 23.2 Å². The van der Waals surface area contributed by atoms with Gasteiger partial charge in [-0.05, 0) is 12.1 Å². The Balaban J connectivity index is 3.53. The van der Waals surface area contributed by atoms with E-state index >= 15 is 0 Å². The van der Waals surface area contributed by atoms with E-state index in [1.807, 2.05) is 0 Å². The summed E-state index contributed by atoms with van der Waals surface area (Å²) in [5, 5.41) is 18.0. The number of nitrogens with two attached hydrogens (primary N) is 1. The quantitative estimate of drug-likeness (QED) is 0.289. The first-order valence-electron chi connectivity index (χ1n) is 3.12. The second-order valence-electron chi connectivity index (χ2n) is 2.32. The molecule has 5 N–H and O–H groups in total. The summed E-state index contributed by atoms with van der Waals surface area (Å²) in [5.41, 5.74) is 4.61. The average Bonchev–Trinajstić information content (AvgIpc) is 1.98. The third kappa shape index (κ3) is 1.65. The highest BCUT2D eigenvalue weighted by atomic mass is 32.2. The van der Waals surface area contributed by atoms with Crippen LogP contribution in [0.1, 0.15) is 0 Å². The van der Waals surface area contributed by atoms with Gasteiger partial charge in [-0.2, -0.15) is 8.42 Å². The van der Waals surface area contributed by atoms with Crippen molar-refractivity contribution in [1.29, 1.82) is 0 Å². The number of benzene rings is 1. The molecule has 1 aromatic rings. The zero-order chi connectivity index (χ0) is 10.2. The van der Waals surface area contributed by atoms with E-state index in [-0.39, 0.29) is 0 Å². The third-order valence-corrected chi connectivity index (χ3v) is 2.32. The molecular weight excluding hydrogens is 198 g/mol. The van der Waals surface area contributed by atoms with Gasteiger partial charge < -0.3 is 15.9 Å². The fourth-order valence-electron chi connectivity index (χ4n) is 0.786. The number of phenolic OH excluding ortho intramolecular Hbond substituents is 2. The summed E-state index contributed by atoms with van der Waals surface area (Å²) >= 11 is 0. The van der Waals surface area contributed by atoms with Crippen molar-refractivity contribution in [3.05, 3.63) is 12.1 Å². The minimum absolute atomic E-state index is 0.454. The Morgan fingerprint density at radius 2 is 1.77 bits per heavy atom. The molecule has 72 valence electrons. The lowest BCUT2D eigenvalue weighted by Gasteiger charge is -2.04. The monoisotopic (exact) mass is 205 g/mol. The predicted octanol–water partition coefficient (Wildman–Crippen LogP) is -0.0733. The molecule has 1 aromatic carbocycles. The second kappa shape index (κ2) is 2.79. The van der Waals surface area contributed by atoms with Crippen LogP contribution in [0.25, 0.3) is 0 Å². The molecule has 0 aliphatic heterocycles. The Morgan fingerprint density at radius 3 is 2.23 bits per heavy atom. The summed E-state index contributed by atoms with van der Waals surface area (Å²) < 4.78 is 29.7. The molecular formula is C6H7NO5S. The Bertz CT molecular complexity index is 439. The molecule has 0 saturated heterocycles. The Morgan fingerprint density at radius 1 is 1.23 bits per heavy atom. The fraction of sp³-hybridized carbons (Fsp3) is 0. The molecule has 0 unspecified atom stereocenters. The summed E-state index contributed by atoms with van der Waals surface area (Å²) in [4.78, 5) is -0.734. The van der Waals surface area contributed by atoms with Crippen molar-refractivity contribution in [2.75, 3.05) is 5.73 Å². The van der Waals surface area contributed by atoms with Gasteiger partial charge in [-0.3, -0.25) is 4.55 Å². The summed E-state index contributed by atoms with van der Waals surface area (Å²) in [6.45, 7) is 0. The van der Waals surface area contributed by atoms with E-state index in [9.17, 15) is 8.42 Å². The highest BCUT2D eigenvalue weighted by molar-refractivity contribution is 7.86. The Labute approximate surface area is 74.0 Å². The first-order chi connectivity index (χ1) is 5.84. The minimum Gasteiger partial charge on any atom is -0.506 e. The van der Waals surface area contributed by atoms with Crippen LogP contribution in [0.4, 0.5) is 5.69 Å². The number of anilines is 1. The maximum Gasteiger partial charge on any atom is 0.298 e. The number of aromatic hydroxyl groups is 2. The van der Waals surface area contributed by atoms with Crippen LogP contribution in [0.2, 0.25) is 0 Å². The average molecular weight is 205 g/mol. The molecule has 0 atom stereocenters. The topological polar surface area (TPSA) is 121 Å². The SMILES string of the molecule is Nc1c(O)ccc(S(=O)(=O)O)c1O. The number of hydrogen-bond donors (Lipinski definition) is 4. The first-order valence-corrected chi connectivity index (χ1v) is 4.56. The molecule has 0 aliphatic rings. The molecule has 0 spiro atoms. The molecule has 0 fully saturated rings. The van der Waals surface area contributed by atoms with Gasteiger partial charge in [0.05, 0.1) is 0 Å². The van der Waals surface area contributed by atoms with E-state index in [2.05, 4.69) is 0 Å². The van der Waals surface area contributed by atoms with Gasteiger partial charge in [0, 0.05) is 0 Å². The number of hydrogen-bond acceptors (Lipinski definition) is 5. The number of rotatable bonds is 1. The van der Waals surface area contributed by atoms with Crippen LogP contribution in [-0.2, 0) is 10.1 Å². The van der Waals surface area contributed by atoms with Gasteiger partial charge in [-0.25, -0.2) is 0 Å². The lowest BCUT2D eigenvalue weighted by atomic mass is 10.3. The van der Waals surface area contributed by atoms with Gasteiger partial charge in [0.15, 0.2) is 5.75 Å². The van der Waals surface area contributed by atoms with Crippen LogP contribution >= 0.6 is 0 Å². The Hall–Kier alpha value is -1.47. The molecule has 0 amide bonds. The van der Waals surface area contributed by atoms with Gasteiger partial charge in [0.1, 0.15) is 16.3 Å². The molecule has 6 nitrogen and oxygen atoms in total. The highest BCUT2D eigenvalue weighted by Crippen LogP contribution is 2.35. The zero-order valence-electron chi connectivity index (χ0n) is 6.30. The van der Waals surface area contributed by atoms with E-state index in [4.69, 9.17) is 20.5 Å². The van der Waals surface area contributed by atoms with Crippen molar-refractivity contribution >= 4 is 15.8 Å².